The van der Waals surface area contributed by atoms with Crippen molar-refractivity contribution in [3.63, 3.8) is 0 Å². The van der Waals surface area contributed by atoms with Crippen LogP contribution in [-0.4, -0.2) is 21.1 Å². The fourth-order valence-electron chi connectivity index (χ4n) is 1.90. The van der Waals surface area contributed by atoms with Gasteiger partial charge in [0.15, 0.2) is 0 Å². The van der Waals surface area contributed by atoms with E-state index in [0.29, 0.717) is 16.3 Å². The summed E-state index contributed by atoms with van der Waals surface area (Å²) >= 11 is 5.81. The molecular formula is C14H16ClN5O. The number of hydrogen-bond donors (Lipinski definition) is 2. The Morgan fingerprint density at radius 2 is 1.95 bits per heavy atom. The monoisotopic (exact) mass is 305 g/mol. The lowest BCUT2D eigenvalue weighted by Crippen LogP contribution is -2.17. The molecule has 1 aromatic heterocycles. The van der Waals surface area contributed by atoms with E-state index in [9.17, 15) is 4.79 Å². The van der Waals surface area contributed by atoms with Gasteiger partial charge in [-0.15, -0.1) is 10.2 Å². The van der Waals surface area contributed by atoms with E-state index in [4.69, 9.17) is 17.3 Å². The van der Waals surface area contributed by atoms with Crippen molar-refractivity contribution in [2.24, 2.45) is 0 Å². The Labute approximate surface area is 127 Å². The third-order valence-electron chi connectivity index (χ3n) is 2.99. The highest BCUT2D eigenvalue weighted by Crippen LogP contribution is 2.19. The second-order valence-corrected chi connectivity index (χ2v) is 4.86. The molecule has 1 aromatic carbocycles. The van der Waals surface area contributed by atoms with Crippen LogP contribution < -0.4 is 11.1 Å². The summed E-state index contributed by atoms with van der Waals surface area (Å²) in [5.74, 6) is -0.222. The third kappa shape index (κ3) is 3.46. The highest BCUT2D eigenvalue weighted by atomic mass is 35.5. The molecule has 0 aliphatic carbocycles. The van der Waals surface area contributed by atoms with Gasteiger partial charge in [0.05, 0.1) is 17.0 Å². The largest absolute Gasteiger partial charge is 0.398 e. The first-order valence-electron chi connectivity index (χ1n) is 6.64. The van der Waals surface area contributed by atoms with Crippen molar-refractivity contribution < 1.29 is 4.79 Å². The number of halogens is 1. The van der Waals surface area contributed by atoms with Crippen LogP contribution in [-0.2, 0) is 12.8 Å². The van der Waals surface area contributed by atoms with Crippen molar-refractivity contribution in [3.8, 4) is 0 Å². The molecular weight excluding hydrogens is 290 g/mol. The fraction of sp³-hybridized carbons (Fsp3) is 0.286. The molecule has 0 fully saturated rings. The zero-order valence-corrected chi connectivity index (χ0v) is 12.6. The molecule has 0 spiro atoms. The first-order valence-corrected chi connectivity index (χ1v) is 7.01. The molecule has 0 unspecified atom stereocenters. The minimum atomic E-state index is -0.391. The average Bonchev–Trinajstić information content (AvgIpc) is 2.46. The topological polar surface area (TPSA) is 93.8 Å². The van der Waals surface area contributed by atoms with Gasteiger partial charge in [0, 0.05) is 10.7 Å². The number of aryl methyl sites for hydroxylation is 2. The quantitative estimate of drug-likeness (QED) is 0.846. The maximum atomic E-state index is 12.2. The minimum Gasteiger partial charge on any atom is -0.398 e. The van der Waals surface area contributed by atoms with E-state index >= 15 is 0 Å². The van der Waals surface area contributed by atoms with Gasteiger partial charge in [-0.3, -0.25) is 10.1 Å². The van der Waals surface area contributed by atoms with Gasteiger partial charge in [-0.1, -0.05) is 25.4 Å². The van der Waals surface area contributed by atoms with E-state index < -0.39 is 5.91 Å². The average molecular weight is 306 g/mol. The predicted octanol–water partition coefficient (Wildman–Crippen LogP) is 2.48. The van der Waals surface area contributed by atoms with Gasteiger partial charge in [0.2, 0.25) is 5.95 Å². The van der Waals surface area contributed by atoms with Crippen LogP contribution in [0.3, 0.4) is 0 Å². The molecule has 0 atom stereocenters. The maximum Gasteiger partial charge on any atom is 0.260 e. The summed E-state index contributed by atoms with van der Waals surface area (Å²) in [7, 11) is 0. The molecule has 1 amide bonds. The number of nitrogens with one attached hydrogen (secondary N) is 1. The van der Waals surface area contributed by atoms with Gasteiger partial charge in [0.1, 0.15) is 0 Å². The summed E-state index contributed by atoms with van der Waals surface area (Å²) in [6, 6.07) is 4.68. The van der Waals surface area contributed by atoms with Crippen molar-refractivity contribution in [2.75, 3.05) is 11.1 Å². The van der Waals surface area contributed by atoms with E-state index in [1.807, 2.05) is 13.8 Å². The summed E-state index contributed by atoms with van der Waals surface area (Å²) in [5, 5.41) is 11.1. The van der Waals surface area contributed by atoms with E-state index in [0.717, 1.165) is 24.2 Å². The van der Waals surface area contributed by atoms with E-state index in [-0.39, 0.29) is 5.95 Å². The van der Waals surface area contributed by atoms with E-state index in [1.165, 1.54) is 6.07 Å². The normalized spacial score (nSPS) is 10.4. The van der Waals surface area contributed by atoms with E-state index in [1.54, 1.807) is 12.1 Å². The number of anilines is 2. The summed E-state index contributed by atoms with van der Waals surface area (Å²) in [5.41, 5.74) is 8.06. The number of hydrogen-bond acceptors (Lipinski definition) is 5. The molecule has 0 aliphatic rings. The molecule has 0 saturated heterocycles. The second kappa shape index (κ2) is 6.49. The van der Waals surface area contributed by atoms with Gasteiger partial charge >= 0.3 is 0 Å². The van der Waals surface area contributed by atoms with Crippen molar-refractivity contribution >= 4 is 29.1 Å². The number of benzene rings is 1. The first kappa shape index (κ1) is 15.2. The molecule has 1 heterocycles. The number of rotatable bonds is 4. The SMILES string of the molecule is CCc1nnc(NC(=O)c2ccc(Cl)cc2N)nc1CC. The van der Waals surface area contributed by atoms with Gasteiger partial charge in [0.25, 0.3) is 5.91 Å². The molecule has 2 aromatic rings. The first-order chi connectivity index (χ1) is 10.0. The molecule has 0 saturated carbocycles. The van der Waals surface area contributed by atoms with Crippen LogP contribution in [0.15, 0.2) is 18.2 Å². The Morgan fingerprint density at radius 1 is 1.24 bits per heavy atom. The Balaban J connectivity index is 2.23. The number of carbonyl (C=O) groups excluding carboxylic acids is 1. The summed E-state index contributed by atoms with van der Waals surface area (Å²) in [6.07, 6.45) is 1.48. The van der Waals surface area contributed by atoms with Crippen LogP contribution in [0.25, 0.3) is 0 Å². The second-order valence-electron chi connectivity index (χ2n) is 4.42. The van der Waals surface area contributed by atoms with Crippen LogP contribution in [0.4, 0.5) is 11.6 Å². The highest BCUT2D eigenvalue weighted by Gasteiger charge is 2.13. The lowest BCUT2D eigenvalue weighted by Gasteiger charge is -2.08. The summed E-state index contributed by atoms with van der Waals surface area (Å²) < 4.78 is 0. The molecule has 6 nitrogen and oxygen atoms in total. The van der Waals surface area contributed by atoms with Gasteiger partial charge in [-0.2, -0.15) is 0 Å². The summed E-state index contributed by atoms with van der Waals surface area (Å²) in [6.45, 7) is 3.96. The van der Waals surface area contributed by atoms with Crippen molar-refractivity contribution in [2.45, 2.75) is 26.7 Å². The van der Waals surface area contributed by atoms with Gasteiger partial charge in [-0.05, 0) is 31.0 Å². The predicted molar refractivity (Wildman–Crippen MR) is 82.4 cm³/mol. The van der Waals surface area contributed by atoms with Crippen LogP contribution in [0, 0.1) is 0 Å². The minimum absolute atomic E-state index is 0.170. The van der Waals surface area contributed by atoms with Crippen LogP contribution >= 0.6 is 11.6 Å². The molecule has 7 heteroatoms. The Hall–Kier alpha value is -2.21. The zero-order chi connectivity index (χ0) is 15.4. The molecule has 0 aliphatic heterocycles. The molecule has 21 heavy (non-hydrogen) atoms. The number of amides is 1. The number of nitrogens with zero attached hydrogens (tertiary/aromatic N) is 3. The van der Waals surface area contributed by atoms with E-state index in [2.05, 4.69) is 20.5 Å². The standard InChI is InChI=1S/C14H16ClN5O/c1-3-11-12(4-2)19-20-14(17-11)18-13(21)9-6-5-8(15)7-10(9)16/h5-7H,3-4,16H2,1-2H3,(H,17,18,20,21). The number of aromatic nitrogens is 3. The summed E-state index contributed by atoms with van der Waals surface area (Å²) in [4.78, 5) is 16.5. The van der Waals surface area contributed by atoms with Crippen molar-refractivity contribution in [1.82, 2.24) is 15.2 Å². The Bertz CT molecular complexity index is 674. The van der Waals surface area contributed by atoms with Crippen LogP contribution in [0.2, 0.25) is 5.02 Å². The molecule has 0 bridgehead atoms. The van der Waals surface area contributed by atoms with Gasteiger partial charge in [-0.25, -0.2) is 4.98 Å². The number of nitrogen functional groups attached to an aromatic ring is 1. The molecule has 110 valence electrons. The lowest BCUT2D eigenvalue weighted by molar-refractivity contribution is 0.102. The number of nitrogens with two attached hydrogens (primary N) is 1. The smallest absolute Gasteiger partial charge is 0.260 e. The highest BCUT2D eigenvalue weighted by molar-refractivity contribution is 6.31. The molecule has 0 radical (unpaired) electrons. The van der Waals surface area contributed by atoms with Gasteiger partial charge < -0.3 is 5.73 Å². The zero-order valence-electron chi connectivity index (χ0n) is 11.9. The molecule has 3 N–H and O–H groups in total. The van der Waals surface area contributed by atoms with Crippen LogP contribution in [0.5, 0.6) is 0 Å². The van der Waals surface area contributed by atoms with Crippen molar-refractivity contribution in [1.29, 1.82) is 0 Å². The molecule has 2 rings (SSSR count). The van der Waals surface area contributed by atoms with Crippen molar-refractivity contribution in [3.05, 3.63) is 40.2 Å². The fourth-order valence-corrected chi connectivity index (χ4v) is 2.08. The Morgan fingerprint density at radius 3 is 2.57 bits per heavy atom. The Kier molecular flexibility index (Phi) is 4.70. The third-order valence-corrected chi connectivity index (χ3v) is 3.23. The maximum absolute atomic E-state index is 12.2. The lowest BCUT2D eigenvalue weighted by atomic mass is 10.1. The number of carbonyl (C=O) groups is 1. The van der Waals surface area contributed by atoms with Crippen LogP contribution in [0.1, 0.15) is 35.6 Å².